The number of likely N-dealkylation sites (tertiary alicyclic amines) is 1. The average molecular weight is 960 g/mol. The van der Waals surface area contributed by atoms with Gasteiger partial charge in [-0.05, 0) is 92.5 Å². The molecule has 1 aliphatic heterocycles. The molecule has 2 aliphatic rings. The highest BCUT2D eigenvalue weighted by Crippen LogP contribution is 2.47. The lowest BCUT2D eigenvalue weighted by atomic mass is 9.91. The molecule has 1 unspecified atom stereocenters. The predicted octanol–water partition coefficient (Wildman–Crippen LogP) is 9.62. The summed E-state index contributed by atoms with van der Waals surface area (Å²) in [4.78, 5) is 45.4. The van der Waals surface area contributed by atoms with Crippen LogP contribution in [0.2, 0.25) is 0 Å². The van der Waals surface area contributed by atoms with Crippen molar-refractivity contribution in [3.63, 3.8) is 0 Å². The molecular formula is C47H47BrN10O4S2. The van der Waals surface area contributed by atoms with Gasteiger partial charge in [-0.25, -0.2) is 19.9 Å². The fourth-order valence-corrected chi connectivity index (χ4v) is 12.0. The molecule has 7 heterocycles. The highest BCUT2D eigenvalue weighted by atomic mass is 79.9. The number of nitrogen functional groups attached to an aromatic ring is 2. The molecule has 1 atom stereocenters. The van der Waals surface area contributed by atoms with Crippen molar-refractivity contribution in [1.29, 1.82) is 0 Å². The van der Waals surface area contributed by atoms with Crippen LogP contribution in [0.5, 0.6) is 11.5 Å². The van der Waals surface area contributed by atoms with E-state index in [0.717, 1.165) is 117 Å². The Bertz CT molecular complexity index is 3130. The van der Waals surface area contributed by atoms with Crippen molar-refractivity contribution in [1.82, 2.24) is 39.3 Å². The van der Waals surface area contributed by atoms with Crippen LogP contribution in [0.1, 0.15) is 49.8 Å². The minimum Gasteiger partial charge on any atom is -0.495 e. The van der Waals surface area contributed by atoms with Gasteiger partial charge in [0, 0.05) is 68.3 Å². The fraction of sp³-hybridized carbons (Fsp3) is 0.277. The maximum Gasteiger partial charge on any atom is 0.246 e. The second-order valence-electron chi connectivity index (χ2n) is 16.1. The number of nitrogens with one attached hydrogen (secondary N) is 1. The van der Waals surface area contributed by atoms with Crippen LogP contribution in [-0.4, -0.2) is 79.1 Å². The lowest BCUT2D eigenvalue weighted by Gasteiger charge is -2.30. The number of aryl methyl sites for hydroxylation is 1. The molecule has 6 aromatic heterocycles. The van der Waals surface area contributed by atoms with Gasteiger partial charge in [-0.3, -0.25) is 9.59 Å². The Labute approximate surface area is 385 Å². The Morgan fingerprint density at radius 1 is 0.797 bits per heavy atom. The number of nitrogens with two attached hydrogens (primary N) is 2. The lowest BCUT2D eigenvalue weighted by Crippen LogP contribution is -2.36. The molecule has 8 aromatic rings. The number of halogens is 1. The van der Waals surface area contributed by atoms with Crippen LogP contribution in [0, 0.1) is 6.92 Å². The van der Waals surface area contributed by atoms with Crippen LogP contribution in [-0.2, 0) is 9.59 Å². The van der Waals surface area contributed by atoms with Gasteiger partial charge in [0.15, 0.2) is 0 Å². The number of thiophene rings is 2. The maximum atomic E-state index is 12.1. The summed E-state index contributed by atoms with van der Waals surface area (Å²) in [6.45, 7) is 10.5. The third kappa shape index (κ3) is 7.85. The second kappa shape index (κ2) is 17.7. The number of nitrogens with zero attached hydrogens (tertiary/aromatic N) is 7. The normalized spacial score (nSPS) is 17.4. The number of fused-ring (bicyclic) bond motifs is 4. The minimum absolute atomic E-state index is 0.0465. The number of amides is 2. The van der Waals surface area contributed by atoms with Gasteiger partial charge in [0.2, 0.25) is 11.8 Å². The number of benzene rings is 2. The molecular weight excluding hydrogens is 913 g/mol. The highest BCUT2D eigenvalue weighted by molar-refractivity contribution is 9.10. The van der Waals surface area contributed by atoms with Crippen molar-refractivity contribution >= 4 is 104 Å². The first-order valence-electron chi connectivity index (χ1n) is 20.9. The standard InChI is InChI=1S/C25H27N5O2S.C22H20BrN5O2S/c1-4-21(31)29-16-5-7-17(8-6-16)30-12-18(22-24(26)27-13-28-25(22)30)20-11-15-9-14(2)10-19(32-3)23(15)33-20;1-3-18(29)27-7-6-12(9-27)28-10-14(19-21(24)25-11-26-22(19)28)17-8-13-15(23)4-5-16(30-2)20(13)31-17/h4,9-13,16-17H,1,5-8H2,2-3H3,(H,29,31)(H2,26,27,28);3-5,8,10-12H,1,6-7,9H2,2H3,(H2,24,25,26). The van der Waals surface area contributed by atoms with Crippen LogP contribution < -0.4 is 26.3 Å². The van der Waals surface area contributed by atoms with Crippen molar-refractivity contribution in [2.75, 3.05) is 38.8 Å². The minimum atomic E-state index is -0.108. The van der Waals surface area contributed by atoms with Crippen LogP contribution >= 0.6 is 38.6 Å². The Kier molecular flexibility index (Phi) is 11.9. The highest BCUT2D eigenvalue weighted by Gasteiger charge is 2.30. The largest absolute Gasteiger partial charge is 0.495 e. The molecule has 10 rings (SSSR count). The lowest BCUT2D eigenvalue weighted by molar-refractivity contribution is -0.125. The first-order chi connectivity index (χ1) is 31.0. The SMILES string of the molecule is C=CC(=O)N1CCC(n2cc(-c3cc4c(Br)ccc(OC)c4s3)c3c(N)ncnc32)C1.C=CC(=O)NC1CCC(n2cc(-c3cc4cc(C)cc(OC)c4s3)c3c(N)ncnc32)CC1. The van der Waals surface area contributed by atoms with Gasteiger partial charge in [0.1, 0.15) is 47.1 Å². The summed E-state index contributed by atoms with van der Waals surface area (Å²) in [6, 6.07) is 13.1. The third-order valence-corrected chi connectivity index (χ3v) is 15.3. The Morgan fingerprint density at radius 3 is 2.05 bits per heavy atom. The molecule has 0 radical (unpaired) electrons. The molecule has 328 valence electrons. The van der Waals surface area contributed by atoms with Crippen LogP contribution in [0.4, 0.5) is 11.6 Å². The van der Waals surface area contributed by atoms with E-state index in [0.29, 0.717) is 30.8 Å². The number of anilines is 2. The van der Waals surface area contributed by atoms with Crippen molar-refractivity contribution in [2.45, 2.75) is 57.2 Å². The van der Waals surface area contributed by atoms with E-state index in [1.54, 1.807) is 36.9 Å². The molecule has 64 heavy (non-hydrogen) atoms. The van der Waals surface area contributed by atoms with E-state index in [9.17, 15) is 9.59 Å². The Hall–Kier alpha value is -6.30. The van der Waals surface area contributed by atoms with Gasteiger partial charge in [0.05, 0.1) is 40.4 Å². The molecule has 1 saturated carbocycles. The number of ether oxygens (including phenoxy) is 2. The molecule has 1 aliphatic carbocycles. The number of hydrogen-bond donors (Lipinski definition) is 3. The topological polar surface area (TPSA) is 181 Å². The van der Waals surface area contributed by atoms with E-state index in [4.69, 9.17) is 20.9 Å². The summed E-state index contributed by atoms with van der Waals surface area (Å²) >= 11 is 6.99. The van der Waals surface area contributed by atoms with E-state index in [-0.39, 0.29) is 23.9 Å². The molecule has 14 nitrogen and oxygen atoms in total. The molecule has 0 bridgehead atoms. The summed E-state index contributed by atoms with van der Waals surface area (Å²) in [7, 11) is 3.38. The number of rotatable bonds is 9. The summed E-state index contributed by atoms with van der Waals surface area (Å²) < 4.78 is 18.8. The number of methoxy groups -OCH3 is 2. The van der Waals surface area contributed by atoms with E-state index >= 15 is 0 Å². The molecule has 5 N–H and O–H groups in total. The van der Waals surface area contributed by atoms with E-state index in [1.807, 2.05) is 17.0 Å². The van der Waals surface area contributed by atoms with Gasteiger partial charge < -0.3 is 40.3 Å². The third-order valence-electron chi connectivity index (χ3n) is 12.2. The van der Waals surface area contributed by atoms with Gasteiger partial charge in [0.25, 0.3) is 0 Å². The zero-order valence-electron chi connectivity index (χ0n) is 35.6. The van der Waals surface area contributed by atoms with E-state index < -0.39 is 0 Å². The first-order valence-corrected chi connectivity index (χ1v) is 23.3. The molecule has 2 fully saturated rings. The van der Waals surface area contributed by atoms with Gasteiger partial charge in [-0.1, -0.05) is 35.2 Å². The summed E-state index contributed by atoms with van der Waals surface area (Å²) in [5.74, 6) is 2.49. The molecule has 17 heteroatoms. The number of aromatic nitrogens is 6. The van der Waals surface area contributed by atoms with Crippen molar-refractivity contribution in [2.24, 2.45) is 0 Å². The van der Waals surface area contributed by atoms with Gasteiger partial charge in [-0.15, -0.1) is 22.7 Å². The molecule has 2 amide bonds. The zero-order valence-corrected chi connectivity index (χ0v) is 38.9. The van der Waals surface area contributed by atoms with Gasteiger partial charge in [-0.2, -0.15) is 0 Å². The summed E-state index contributed by atoms with van der Waals surface area (Å²) in [6.07, 6.45) is 14.6. The van der Waals surface area contributed by atoms with E-state index in [2.05, 4.69) is 107 Å². The van der Waals surface area contributed by atoms with Crippen molar-refractivity contribution in [3.05, 3.63) is 96.8 Å². The monoisotopic (exact) mass is 958 g/mol. The fourth-order valence-electron chi connectivity index (χ4n) is 9.11. The van der Waals surface area contributed by atoms with Crippen LogP contribution in [0.3, 0.4) is 0 Å². The van der Waals surface area contributed by atoms with Crippen LogP contribution in [0.15, 0.2) is 91.2 Å². The number of carbonyl (C=O) groups is 2. The number of hydrogen-bond acceptors (Lipinski definition) is 12. The number of carbonyl (C=O) groups excluding carboxylic acids is 2. The smallest absolute Gasteiger partial charge is 0.246 e. The maximum absolute atomic E-state index is 12.1. The van der Waals surface area contributed by atoms with Gasteiger partial charge >= 0.3 is 0 Å². The first kappa shape index (κ1) is 43.0. The van der Waals surface area contributed by atoms with E-state index in [1.165, 1.54) is 24.8 Å². The Balaban J connectivity index is 0.000000162. The molecule has 0 spiro atoms. The Morgan fingerprint density at radius 2 is 1.42 bits per heavy atom. The molecule has 1 saturated heterocycles. The summed E-state index contributed by atoms with van der Waals surface area (Å²) in [5, 5.41) is 6.98. The van der Waals surface area contributed by atoms with Crippen molar-refractivity contribution in [3.8, 4) is 32.4 Å². The van der Waals surface area contributed by atoms with Crippen LogP contribution in [0.25, 0.3) is 63.1 Å². The summed E-state index contributed by atoms with van der Waals surface area (Å²) in [5.41, 5.74) is 17.5. The zero-order chi connectivity index (χ0) is 44.8. The average Bonchev–Trinajstić information content (AvgIpc) is 4.15. The molecule has 2 aromatic carbocycles. The quantitative estimate of drug-likeness (QED) is 0.118. The second-order valence-corrected chi connectivity index (χ2v) is 19.0. The predicted molar refractivity (Wildman–Crippen MR) is 261 cm³/mol. The van der Waals surface area contributed by atoms with Crippen molar-refractivity contribution < 1.29 is 19.1 Å².